The van der Waals surface area contributed by atoms with Crippen molar-refractivity contribution >= 4 is 0 Å². The molecule has 0 heterocycles. The first kappa shape index (κ1) is 11.8. The van der Waals surface area contributed by atoms with Crippen LogP contribution in [0.1, 0.15) is 46.5 Å². The minimum Gasteiger partial charge on any atom is -0.389 e. The lowest BCUT2D eigenvalue weighted by molar-refractivity contribution is -0.0775. The van der Waals surface area contributed by atoms with Crippen molar-refractivity contribution < 1.29 is 5.11 Å². The molecule has 0 spiro atoms. The Morgan fingerprint density at radius 2 is 2.14 bits per heavy atom. The molecular weight excluding hydrogens is 172 g/mol. The summed E-state index contributed by atoms with van der Waals surface area (Å²) in [4.78, 5) is 0. The van der Waals surface area contributed by atoms with Gasteiger partial charge in [0.2, 0.25) is 0 Å². The second kappa shape index (κ2) is 4.48. The Kier molecular flexibility index (Phi) is 3.77. The fraction of sp³-hybridized carbons (Fsp3) is 0.846. The number of aliphatic hydroxyl groups is 1. The van der Waals surface area contributed by atoms with E-state index in [4.69, 9.17) is 0 Å². The summed E-state index contributed by atoms with van der Waals surface area (Å²) in [7, 11) is 0. The van der Waals surface area contributed by atoms with Crippen LogP contribution < -0.4 is 0 Å². The molecule has 82 valence electrons. The molecule has 0 aromatic heterocycles. The third-order valence-electron chi connectivity index (χ3n) is 3.67. The molecule has 1 nitrogen and oxygen atoms in total. The molecule has 3 atom stereocenters. The van der Waals surface area contributed by atoms with Crippen LogP contribution >= 0.6 is 0 Å². The molecule has 2 unspecified atom stereocenters. The highest BCUT2D eigenvalue weighted by Crippen LogP contribution is 2.42. The van der Waals surface area contributed by atoms with Crippen molar-refractivity contribution in [3.8, 4) is 0 Å². The Morgan fingerprint density at radius 3 is 2.64 bits per heavy atom. The average molecular weight is 196 g/mol. The molecule has 14 heavy (non-hydrogen) atoms. The molecule has 1 rings (SSSR count). The van der Waals surface area contributed by atoms with Crippen molar-refractivity contribution in [1.29, 1.82) is 0 Å². The highest BCUT2D eigenvalue weighted by atomic mass is 16.3. The van der Waals surface area contributed by atoms with Crippen LogP contribution in [0.3, 0.4) is 0 Å². The smallest absolute Gasteiger partial charge is 0.0714 e. The second-order valence-corrected chi connectivity index (χ2v) is 5.33. The first-order valence-electron chi connectivity index (χ1n) is 5.83. The second-order valence-electron chi connectivity index (χ2n) is 5.33. The molecule has 1 aliphatic carbocycles. The first-order chi connectivity index (χ1) is 6.49. The Hall–Kier alpha value is -0.300. The summed E-state index contributed by atoms with van der Waals surface area (Å²) in [5.74, 6) is 1.69. The van der Waals surface area contributed by atoms with Crippen LogP contribution in [0.15, 0.2) is 12.7 Å². The van der Waals surface area contributed by atoms with Crippen LogP contribution in [0.2, 0.25) is 0 Å². The monoisotopic (exact) mass is 196 g/mol. The summed E-state index contributed by atoms with van der Waals surface area (Å²) < 4.78 is 0. The number of rotatable bonds is 3. The van der Waals surface area contributed by atoms with Gasteiger partial charge in [-0.25, -0.2) is 0 Å². The van der Waals surface area contributed by atoms with Gasteiger partial charge in [0, 0.05) is 0 Å². The molecule has 1 heteroatoms. The topological polar surface area (TPSA) is 20.2 Å². The third kappa shape index (κ3) is 2.38. The average Bonchev–Trinajstić information content (AvgIpc) is 2.02. The molecule has 0 aromatic rings. The molecule has 1 fully saturated rings. The van der Waals surface area contributed by atoms with Gasteiger partial charge in [-0.1, -0.05) is 33.3 Å². The minimum atomic E-state index is -0.479. The fourth-order valence-electron chi connectivity index (χ4n) is 3.03. The third-order valence-corrected chi connectivity index (χ3v) is 3.67. The summed E-state index contributed by atoms with van der Waals surface area (Å²) in [6.45, 7) is 10.4. The summed E-state index contributed by atoms with van der Waals surface area (Å²) in [5, 5.41) is 10.6. The highest BCUT2D eigenvalue weighted by Gasteiger charge is 2.41. The number of hydrogen-bond acceptors (Lipinski definition) is 1. The lowest BCUT2D eigenvalue weighted by atomic mass is 9.66. The summed E-state index contributed by atoms with van der Waals surface area (Å²) in [6, 6.07) is 0. The van der Waals surface area contributed by atoms with Gasteiger partial charge in [-0.05, 0) is 37.0 Å². The van der Waals surface area contributed by atoms with E-state index in [-0.39, 0.29) is 0 Å². The van der Waals surface area contributed by atoms with Crippen molar-refractivity contribution in [2.24, 2.45) is 17.8 Å². The van der Waals surface area contributed by atoms with Gasteiger partial charge >= 0.3 is 0 Å². The fourth-order valence-corrected chi connectivity index (χ4v) is 3.03. The minimum absolute atomic E-state index is 0.455. The zero-order valence-corrected chi connectivity index (χ0v) is 9.79. The van der Waals surface area contributed by atoms with E-state index in [2.05, 4.69) is 27.4 Å². The Labute approximate surface area is 88.2 Å². The van der Waals surface area contributed by atoms with Gasteiger partial charge in [0.05, 0.1) is 5.60 Å². The van der Waals surface area contributed by atoms with E-state index >= 15 is 0 Å². The molecule has 1 aliphatic rings. The van der Waals surface area contributed by atoms with Crippen LogP contribution in [0, 0.1) is 17.8 Å². The lowest BCUT2D eigenvalue weighted by Gasteiger charge is -2.44. The first-order valence-corrected chi connectivity index (χ1v) is 5.83. The van der Waals surface area contributed by atoms with Crippen LogP contribution in [-0.2, 0) is 0 Å². The van der Waals surface area contributed by atoms with Crippen LogP contribution in [-0.4, -0.2) is 10.7 Å². The van der Waals surface area contributed by atoms with Crippen molar-refractivity contribution in [3.05, 3.63) is 12.7 Å². The predicted molar refractivity (Wildman–Crippen MR) is 61.1 cm³/mol. The molecule has 0 amide bonds. The van der Waals surface area contributed by atoms with E-state index in [0.29, 0.717) is 17.8 Å². The largest absolute Gasteiger partial charge is 0.389 e. The zero-order valence-electron chi connectivity index (χ0n) is 9.79. The summed E-state index contributed by atoms with van der Waals surface area (Å²) in [5.41, 5.74) is -0.479. The van der Waals surface area contributed by atoms with Crippen LogP contribution in [0.5, 0.6) is 0 Å². The van der Waals surface area contributed by atoms with E-state index in [1.807, 2.05) is 6.08 Å². The molecule has 0 saturated heterocycles. The molecule has 0 aliphatic heterocycles. The van der Waals surface area contributed by atoms with Gasteiger partial charge in [0.25, 0.3) is 0 Å². The van der Waals surface area contributed by atoms with E-state index < -0.39 is 5.60 Å². The van der Waals surface area contributed by atoms with Crippen molar-refractivity contribution in [3.63, 3.8) is 0 Å². The molecule has 1 saturated carbocycles. The normalized spacial score (nSPS) is 38.6. The van der Waals surface area contributed by atoms with E-state index in [9.17, 15) is 5.11 Å². The quantitative estimate of drug-likeness (QED) is 0.686. The predicted octanol–water partition coefficient (Wildman–Crippen LogP) is 3.39. The Balaban J connectivity index is 2.76. The van der Waals surface area contributed by atoms with Gasteiger partial charge in [0.15, 0.2) is 0 Å². The van der Waals surface area contributed by atoms with E-state index in [1.165, 1.54) is 12.8 Å². The molecular formula is C13H24O. The van der Waals surface area contributed by atoms with Crippen molar-refractivity contribution in [2.75, 3.05) is 0 Å². The maximum atomic E-state index is 10.6. The maximum Gasteiger partial charge on any atom is 0.0714 e. The molecule has 0 radical (unpaired) electrons. The van der Waals surface area contributed by atoms with Crippen molar-refractivity contribution in [2.45, 2.75) is 52.1 Å². The van der Waals surface area contributed by atoms with Gasteiger partial charge in [-0.15, -0.1) is 6.58 Å². The SMILES string of the molecule is C=CC[C@]1(O)CC(C)CCC1C(C)C. The summed E-state index contributed by atoms with van der Waals surface area (Å²) in [6.07, 6.45) is 6.00. The van der Waals surface area contributed by atoms with Gasteiger partial charge in [0.1, 0.15) is 0 Å². The highest BCUT2D eigenvalue weighted by molar-refractivity contribution is 4.97. The molecule has 0 bridgehead atoms. The molecule has 1 N–H and O–H groups in total. The number of hydrogen-bond donors (Lipinski definition) is 1. The van der Waals surface area contributed by atoms with Crippen LogP contribution in [0.25, 0.3) is 0 Å². The lowest BCUT2D eigenvalue weighted by Crippen LogP contribution is -2.45. The van der Waals surface area contributed by atoms with E-state index in [1.54, 1.807) is 0 Å². The zero-order chi connectivity index (χ0) is 10.8. The van der Waals surface area contributed by atoms with Gasteiger partial charge in [-0.3, -0.25) is 0 Å². The summed E-state index contributed by atoms with van der Waals surface area (Å²) >= 11 is 0. The Bertz CT molecular complexity index is 197. The van der Waals surface area contributed by atoms with Crippen LogP contribution in [0.4, 0.5) is 0 Å². The van der Waals surface area contributed by atoms with E-state index in [0.717, 1.165) is 12.8 Å². The van der Waals surface area contributed by atoms with Gasteiger partial charge in [-0.2, -0.15) is 0 Å². The van der Waals surface area contributed by atoms with Gasteiger partial charge < -0.3 is 5.11 Å². The standard InChI is InChI=1S/C13H24O/c1-5-8-13(14)9-11(4)6-7-12(13)10(2)3/h5,10-12,14H,1,6-9H2,2-4H3/t11?,12?,13-/m0/s1. The van der Waals surface area contributed by atoms with Crippen molar-refractivity contribution in [1.82, 2.24) is 0 Å². The molecule has 0 aromatic carbocycles. The maximum absolute atomic E-state index is 10.6. The Morgan fingerprint density at radius 1 is 1.50 bits per heavy atom.